The molecule has 0 amide bonds. The molecule has 1 heterocycles. The first-order valence-corrected chi connectivity index (χ1v) is 3.32. The van der Waals surface area contributed by atoms with Gasteiger partial charge in [-0.15, -0.1) is 0 Å². The Balaban J connectivity index is 0. The molecule has 0 saturated carbocycles. The van der Waals surface area contributed by atoms with E-state index in [1.54, 1.807) is 11.3 Å². The van der Waals surface area contributed by atoms with Gasteiger partial charge in [-0.25, -0.2) is 20.4 Å². The third kappa shape index (κ3) is 29.5. The van der Waals surface area contributed by atoms with Crippen molar-refractivity contribution in [2.24, 2.45) is 0 Å². The average Bonchev–Trinajstić information content (AvgIpc) is 2.44. The van der Waals surface area contributed by atoms with Crippen molar-refractivity contribution in [1.29, 1.82) is 10.8 Å². The van der Waals surface area contributed by atoms with Crippen molar-refractivity contribution >= 4 is 23.5 Å². The van der Waals surface area contributed by atoms with Crippen LogP contribution >= 0.6 is 11.3 Å². The Kier molecular flexibility index (Phi) is 17.5. The minimum absolute atomic E-state index is 0.750. The van der Waals surface area contributed by atoms with E-state index in [-0.39, 0.29) is 0 Å². The van der Waals surface area contributed by atoms with Gasteiger partial charge >= 0.3 is 0 Å². The van der Waals surface area contributed by atoms with Gasteiger partial charge in [0.25, 0.3) is 0 Å². The average molecular weight is 170 g/mol. The Morgan fingerprint density at radius 1 is 1.00 bits per heavy atom. The van der Waals surface area contributed by atoms with E-state index in [0.717, 1.165) is 12.2 Å². The van der Waals surface area contributed by atoms with Crippen LogP contribution in [0.1, 0.15) is 0 Å². The predicted octanol–water partition coefficient (Wildman–Crippen LogP) is 1.55. The number of rotatable bonds is 0. The maximum atomic E-state index is 8.35. The highest BCUT2D eigenvalue weighted by Gasteiger charge is 1.58. The predicted molar refractivity (Wildman–Crippen MR) is 41.1 cm³/mol. The lowest BCUT2D eigenvalue weighted by Crippen LogP contribution is -1.16. The fourth-order valence-corrected chi connectivity index (χ4v) is 0.680. The lowest BCUT2D eigenvalue weighted by molar-refractivity contribution is 0.562. The first-order chi connectivity index (χ1) is 5.33. The number of isocyanates is 2. The molecule has 0 aromatic carbocycles. The Morgan fingerprint density at radius 3 is 1.36 bits per heavy atom. The monoisotopic (exact) mass is 170 g/mol. The van der Waals surface area contributed by atoms with Crippen molar-refractivity contribution in [2.75, 3.05) is 0 Å². The van der Waals surface area contributed by atoms with Crippen LogP contribution in [-0.4, -0.2) is 12.2 Å². The molecule has 58 valence electrons. The summed E-state index contributed by atoms with van der Waals surface area (Å²) < 4.78 is 0. The summed E-state index contributed by atoms with van der Waals surface area (Å²) in [7, 11) is 0. The highest BCUT2D eigenvalue weighted by atomic mass is 32.1. The van der Waals surface area contributed by atoms with Crippen LogP contribution in [0.15, 0.2) is 22.9 Å². The van der Waals surface area contributed by atoms with E-state index >= 15 is 0 Å². The number of thiophene rings is 1. The molecule has 1 rings (SSSR count). The summed E-state index contributed by atoms with van der Waals surface area (Å²) >= 11 is 1.71. The molecule has 0 spiro atoms. The lowest BCUT2D eigenvalue weighted by atomic mass is 10.7. The Bertz CT molecular complexity index is 179. The molecule has 1 aromatic rings. The van der Waals surface area contributed by atoms with Crippen molar-refractivity contribution in [2.45, 2.75) is 0 Å². The van der Waals surface area contributed by atoms with Gasteiger partial charge in [-0.1, -0.05) is 12.1 Å². The number of hydrogen-bond acceptors (Lipinski definition) is 5. The SMILES string of the molecule is N=C=O.N=C=O.c1ccsc1. The highest BCUT2D eigenvalue weighted by Crippen LogP contribution is 1.91. The Labute approximate surface area is 67.5 Å². The van der Waals surface area contributed by atoms with Crippen molar-refractivity contribution in [1.82, 2.24) is 0 Å². The van der Waals surface area contributed by atoms with Gasteiger partial charge in [-0.2, -0.15) is 11.3 Å². The molecule has 0 bridgehead atoms. The van der Waals surface area contributed by atoms with Crippen LogP contribution in [0.4, 0.5) is 0 Å². The molecule has 4 nitrogen and oxygen atoms in total. The third-order valence-corrected chi connectivity index (χ3v) is 1.05. The molecule has 2 N–H and O–H groups in total. The largest absolute Gasteiger partial charge is 0.231 e. The molecular weight excluding hydrogens is 164 g/mol. The van der Waals surface area contributed by atoms with Crippen LogP contribution < -0.4 is 0 Å². The van der Waals surface area contributed by atoms with Crippen molar-refractivity contribution in [3.63, 3.8) is 0 Å². The van der Waals surface area contributed by atoms with Crippen LogP contribution in [0.25, 0.3) is 0 Å². The molecule has 0 aliphatic carbocycles. The van der Waals surface area contributed by atoms with E-state index in [4.69, 9.17) is 20.4 Å². The Morgan fingerprint density at radius 2 is 1.27 bits per heavy atom. The van der Waals surface area contributed by atoms with Gasteiger partial charge < -0.3 is 0 Å². The number of carbonyl (C=O) groups excluding carboxylic acids is 2. The van der Waals surface area contributed by atoms with Gasteiger partial charge in [-0.3, -0.25) is 0 Å². The zero-order valence-corrected chi connectivity index (χ0v) is 6.35. The second-order valence-electron chi connectivity index (χ2n) is 0.997. The van der Waals surface area contributed by atoms with Gasteiger partial charge in [0.1, 0.15) is 0 Å². The molecule has 0 aliphatic rings. The maximum absolute atomic E-state index is 8.35. The highest BCUT2D eigenvalue weighted by molar-refractivity contribution is 7.07. The summed E-state index contributed by atoms with van der Waals surface area (Å²) in [6, 6.07) is 4.04. The molecule has 11 heavy (non-hydrogen) atoms. The van der Waals surface area contributed by atoms with Gasteiger partial charge in [0.15, 0.2) is 0 Å². The molecule has 1 aromatic heterocycles. The van der Waals surface area contributed by atoms with E-state index in [1.165, 1.54) is 0 Å². The van der Waals surface area contributed by atoms with E-state index in [9.17, 15) is 0 Å². The summed E-state index contributed by atoms with van der Waals surface area (Å²) in [4.78, 5) is 16.7. The van der Waals surface area contributed by atoms with Crippen LogP contribution in [0.5, 0.6) is 0 Å². The molecular formula is C6H6N2O2S. The zero-order valence-electron chi connectivity index (χ0n) is 5.53. The summed E-state index contributed by atoms with van der Waals surface area (Å²) in [5.41, 5.74) is 0. The molecule has 0 fully saturated rings. The first kappa shape index (κ1) is 12.2. The topological polar surface area (TPSA) is 81.8 Å². The number of hydrogen-bond donors (Lipinski definition) is 2. The molecule has 0 radical (unpaired) electrons. The first-order valence-electron chi connectivity index (χ1n) is 2.38. The zero-order chi connectivity index (χ0) is 8.95. The molecule has 0 atom stereocenters. The summed E-state index contributed by atoms with van der Waals surface area (Å²) in [5, 5.41) is 14.9. The van der Waals surface area contributed by atoms with Gasteiger partial charge in [0.05, 0.1) is 0 Å². The van der Waals surface area contributed by atoms with E-state index in [0.29, 0.717) is 0 Å². The van der Waals surface area contributed by atoms with Gasteiger partial charge in [0.2, 0.25) is 12.2 Å². The van der Waals surface area contributed by atoms with E-state index in [2.05, 4.69) is 0 Å². The second-order valence-corrected chi connectivity index (χ2v) is 1.81. The molecule has 0 saturated heterocycles. The van der Waals surface area contributed by atoms with Crippen molar-refractivity contribution in [3.05, 3.63) is 22.9 Å². The van der Waals surface area contributed by atoms with E-state index in [1.807, 2.05) is 22.9 Å². The quantitative estimate of drug-likeness (QED) is 0.457. The molecule has 0 unspecified atom stereocenters. The van der Waals surface area contributed by atoms with Crippen molar-refractivity contribution in [3.8, 4) is 0 Å². The molecule has 5 heteroatoms. The molecule has 0 aliphatic heterocycles. The van der Waals surface area contributed by atoms with Crippen LogP contribution in [0.3, 0.4) is 0 Å². The number of nitrogens with one attached hydrogen (secondary N) is 2. The minimum Gasteiger partial charge on any atom is -0.222 e. The second kappa shape index (κ2) is 15.8. The normalized spacial score (nSPS) is 5.09. The summed E-state index contributed by atoms with van der Waals surface area (Å²) in [5.74, 6) is 0. The smallest absolute Gasteiger partial charge is 0.222 e. The summed E-state index contributed by atoms with van der Waals surface area (Å²) in [6.45, 7) is 0. The summed E-state index contributed by atoms with van der Waals surface area (Å²) in [6.07, 6.45) is 1.50. The minimum atomic E-state index is 0.750. The van der Waals surface area contributed by atoms with Gasteiger partial charge in [-0.05, 0) is 10.8 Å². The fraction of sp³-hybridized carbons (Fsp3) is 0. The van der Waals surface area contributed by atoms with E-state index < -0.39 is 0 Å². The van der Waals surface area contributed by atoms with Gasteiger partial charge in [0, 0.05) is 0 Å². The maximum Gasteiger partial charge on any atom is 0.231 e. The van der Waals surface area contributed by atoms with Crippen LogP contribution in [0, 0.1) is 10.8 Å². The van der Waals surface area contributed by atoms with Crippen LogP contribution in [0.2, 0.25) is 0 Å². The fourth-order valence-electron chi connectivity index (χ4n) is 0.227. The lowest BCUT2D eigenvalue weighted by Gasteiger charge is -1.39. The third-order valence-electron chi connectivity index (χ3n) is 0.425. The van der Waals surface area contributed by atoms with Crippen LogP contribution in [-0.2, 0) is 9.59 Å². The van der Waals surface area contributed by atoms with Crippen molar-refractivity contribution < 1.29 is 9.59 Å². The standard InChI is InChI=1S/C4H4S.2CHNO/c1-2-4-5-3-1;2*2-1-3/h1-4H;2*2H. The Hall–Kier alpha value is -1.54.